The van der Waals surface area contributed by atoms with E-state index in [-0.39, 0.29) is 0 Å². The van der Waals surface area contributed by atoms with Gasteiger partial charge in [0.05, 0.1) is 5.02 Å². The third-order valence-corrected chi connectivity index (χ3v) is 3.28. The van der Waals surface area contributed by atoms with Crippen molar-refractivity contribution in [2.24, 2.45) is 0 Å². The van der Waals surface area contributed by atoms with Gasteiger partial charge in [-0.1, -0.05) is 11.6 Å². The summed E-state index contributed by atoms with van der Waals surface area (Å²) in [6.07, 6.45) is 1.67. The first kappa shape index (κ1) is 12.6. The summed E-state index contributed by atoms with van der Waals surface area (Å²) < 4.78 is 0. The number of hydrogen-bond donors (Lipinski definition) is 1. The second-order valence-corrected chi connectivity index (χ2v) is 4.87. The molecular weight excluding hydrogens is 236 g/mol. The molecule has 1 aliphatic heterocycles. The smallest absolute Gasteiger partial charge is 0.126 e. The van der Waals surface area contributed by atoms with Crippen LogP contribution >= 0.6 is 11.6 Å². The molecule has 1 fully saturated rings. The Morgan fingerprint density at radius 3 is 2.71 bits per heavy atom. The summed E-state index contributed by atoms with van der Waals surface area (Å²) in [5.74, 6) is 0.892. The molecule has 2 rings (SSSR count). The quantitative estimate of drug-likeness (QED) is 0.880. The average molecular weight is 255 g/mol. The van der Waals surface area contributed by atoms with E-state index < -0.39 is 0 Å². The Morgan fingerprint density at radius 1 is 1.29 bits per heavy atom. The Kier molecular flexibility index (Phi) is 4.59. The van der Waals surface area contributed by atoms with Crippen molar-refractivity contribution in [2.45, 2.75) is 0 Å². The number of nitrogens with zero attached hydrogens (tertiary/aromatic N) is 3. The molecule has 1 N–H and O–H groups in total. The Bertz CT molecular complexity index is 333. The third kappa shape index (κ3) is 4.15. The Labute approximate surface area is 108 Å². The number of halogens is 1. The van der Waals surface area contributed by atoms with Gasteiger partial charge in [0, 0.05) is 45.5 Å². The number of aromatic nitrogens is 1. The van der Waals surface area contributed by atoms with Crippen LogP contribution in [0.2, 0.25) is 5.02 Å². The zero-order chi connectivity index (χ0) is 12.1. The molecule has 0 saturated carbocycles. The standard InChI is InChI=1S/C12H19ClN4/c1-16-6-8-17(9-7-16)5-4-14-12-3-2-11(13)10-15-12/h2-3,10H,4-9H2,1H3,(H,14,15). The van der Waals surface area contributed by atoms with Gasteiger partial charge in [0.2, 0.25) is 0 Å². The van der Waals surface area contributed by atoms with Gasteiger partial charge in [0.25, 0.3) is 0 Å². The molecule has 0 spiro atoms. The zero-order valence-corrected chi connectivity index (χ0v) is 11.0. The first-order valence-corrected chi connectivity index (χ1v) is 6.38. The van der Waals surface area contributed by atoms with Crippen LogP contribution in [0.15, 0.2) is 18.3 Å². The SMILES string of the molecule is CN1CCN(CCNc2ccc(Cl)cn2)CC1. The third-order valence-electron chi connectivity index (χ3n) is 3.06. The van der Waals surface area contributed by atoms with E-state index in [1.54, 1.807) is 6.20 Å². The zero-order valence-electron chi connectivity index (χ0n) is 10.2. The van der Waals surface area contributed by atoms with Crippen LogP contribution in [0.25, 0.3) is 0 Å². The molecule has 5 heteroatoms. The highest BCUT2D eigenvalue weighted by Gasteiger charge is 2.12. The van der Waals surface area contributed by atoms with E-state index in [1.807, 2.05) is 12.1 Å². The van der Waals surface area contributed by atoms with Gasteiger partial charge in [0.15, 0.2) is 0 Å². The van der Waals surface area contributed by atoms with Gasteiger partial charge in [-0.25, -0.2) is 4.98 Å². The maximum atomic E-state index is 5.78. The highest BCUT2D eigenvalue weighted by atomic mass is 35.5. The van der Waals surface area contributed by atoms with Gasteiger partial charge in [-0.05, 0) is 19.2 Å². The first-order chi connectivity index (χ1) is 8.24. The molecule has 94 valence electrons. The molecule has 1 aromatic heterocycles. The van der Waals surface area contributed by atoms with E-state index in [0.717, 1.165) is 32.0 Å². The summed E-state index contributed by atoms with van der Waals surface area (Å²) in [5, 5.41) is 3.98. The van der Waals surface area contributed by atoms with Crippen molar-refractivity contribution >= 4 is 17.4 Å². The van der Waals surface area contributed by atoms with Crippen molar-refractivity contribution in [3.63, 3.8) is 0 Å². The lowest BCUT2D eigenvalue weighted by molar-refractivity contribution is 0.158. The summed E-state index contributed by atoms with van der Waals surface area (Å²) in [6.45, 7) is 6.65. The summed E-state index contributed by atoms with van der Waals surface area (Å²) in [7, 11) is 2.17. The maximum Gasteiger partial charge on any atom is 0.126 e. The van der Waals surface area contributed by atoms with Crippen LogP contribution in [-0.4, -0.2) is 61.1 Å². The van der Waals surface area contributed by atoms with Crippen molar-refractivity contribution in [1.82, 2.24) is 14.8 Å². The van der Waals surface area contributed by atoms with Crippen molar-refractivity contribution in [1.29, 1.82) is 0 Å². The predicted octanol–water partition coefficient (Wildman–Crippen LogP) is 1.39. The second kappa shape index (κ2) is 6.19. The van der Waals surface area contributed by atoms with E-state index in [2.05, 4.69) is 27.1 Å². The molecule has 0 bridgehead atoms. The Hall–Kier alpha value is -0.840. The van der Waals surface area contributed by atoms with E-state index >= 15 is 0 Å². The number of anilines is 1. The minimum absolute atomic E-state index is 0.676. The number of pyridine rings is 1. The van der Waals surface area contributed by atoms with Gasteiger partial charge >= 0.3 is 0 Å². The summed E-state index contributed by atoms with van der Waals surface area (Å²) in [6, 6.07) is 3.76. The molecular formula is C12H19ClN4. The number of nitrogens with one attached hydrogen (secondary N) is 1. The summed E-state index contributed by atoms with van der Waals surface area (Å²) in [5.41, 5.74) is 0. The van der Waals surface area contributed by atoms with Crippen LogP contribution in [0.3, 0.4) is 0 Å². The van der Waals surface area contributed by atoms with Crippen LogP contribution in [0, 0.1) is 0 Å². The number of hydrogen-bond acceptors (Lipinski definition) is 4. The van der Waals surface area contributed by atoms with E-state index in [4.69, 9.17) is 11.6 Å². The summed E-state index contributed by atoms with van der Waals surface area (Å²) >= 11 is 5.78. The molecule has 1 aliphatic rings. The van der Waals surface area contributed by atoms with Gasteiger partial charge in [-0.15, -0.1) is 0 Å². The molecule has 0 unspecified atom stereocenters. The second-order valence-electron chi connectivity index (χ2n) is 4.43. The fraction of sp³-hybridized carbons (Fsp3) is 0.583. The maximum absolute atomic E-state index is 5.78. The molecule has 2 heterocycles. The van der Waals surface area contributed by atoms with Gasteiger partial charge in [0.1, 0.15) is 5.82 Å². The van der Waals surface area contributed by atoms with Gasteiger partial charge in [-0.2, -0.15) is 0 Å². The van der Waals surface area contributed by atoms with E-state index in [1.165, 1.54) is 13.1 Å². The average Bonchev–Trinajstić information content (AvgIpc) is 2.34. The largest absolute Gasteiger partial charge is 0.369 e. The van der Waals surface area contributed by atoms with E-state index in [9.17, 15) is 0 Å². The minimum Gasteiger partial charge on any atom is -0.369 e. The van der Waals surface area contributed by atoms with E-state index in [0.29, 0.717) is 5.02 Å². The van der Waals surface area contributed by atoms with Gasteiger partial charge in [-0.3, -0.25) is 4.90 Å². The molecule has 0 aromatic carbocycles. The molecule has 1 aromatic rings. The molecule has 17 heavy (non-hydrogen) atoms. The number of rotatable bonds is 4. The fourth-order valence-corrected chi connectivity index (χ4v) is 2.01. The Balaban J connectivity index is 1.67. The topological polar surface area (TPSA) is 31.4 Å². The van der Waals surface area contributed by atoms with Crippen molar-refractivity contribution < 1.29 is 0 Å². The predicted molar refractivity (Wildman–Crippen MR) is 71.7 cm³/mol. The lowest BCUT2D eigenvalue weighted by Crippen LogP contribution is -2.45. The highest BCUT2D eigenvalue weighted by molar-refractivity contribution is 6.30. The number of piperazine rings is 1. The number of likely N-dealkylation sites (N-methyl/N-ethyl adjacent to an activating group) is 1. The molecule has 0 aliphatic carbocycles. The normalized spacial score (nSPS) is 18.2. The first-order valence-electron chi connectivity index (χ1n) is 6.00. The Morgan fingerprint density at radius 2 is 2.06 bits per heavy atom. The lowest BCUT2D eigenvalue weighted by atomic mass is 10.3. The molecule has 0 amide bonds. The monoisotopic (exact) mass is 254 g/mol. The molecule has 1 saturated heterocycles. The molecule has 4 nitrogen and oxygen atoms in total. The van der Waals surface area contributed by atoms with Crippen LogP contribution in [0.5, 0.6) is 0 Å². The molecule has 0 atom stereocenters. The summed E-state index contributed by atoms with van der Waals surface area (Å²) in [4.78, 5) is 9.04. The fourth-order valence-electron chi connectivity index (χ4n) is 1.89. The molecule has 0 radical (unpaired) electrons. The van der Waals surface area contributed by atoms with Crippen molar-refractivity contribution in [3.8, 4) is 0 Å². The van der Waals surface area contributed by atoms with Crippen molar-refractivity contribution in [2.75, 3.05) is 51.6 Å². The van der Waals surface area contributed by atoms with Crippen molar-refractivity contribution in [3.05, 3.63) is 23.4 Å². The minimum atomic E-state index is 0.676. The highest BCUT2D eigenvalue weighted by Crippen LogP contribution is 2.09. The van der Waals surface area contributed by atoms with Crippen LogP contribution in [-0.2, 0) is 0 Å². The van der Waals surface area contributed by atoms with Crippen LogP contribution in [0.4, 0.5) is 5.82 Å². The van der Waals surface area contributed by atoms with Crippen LogP contribution < -0.4 is 5.32 Å². The van der Waals surface area contributed by atoms with Crippen LogP contribution in [0.1, 0.15) is 0 Å². The lowest BCUT2D eigenvalue weighted by Gasteiger charge is -2.32. The van der Waals surface area contributed by atoms with Gasteiger partial charge < -0.3 is 10.2 Å².